The van der Waals surface area contributed by atoms with Gasteiger partial charge in [0.2, 0.25) is 0 Å². The number of rotatable bonds is 3. The van der Waals surface area contributed by atoms with Crippen LogP contribution in [0, 0.1) is 12.8 Å². The lowest BCUT2D eigenvalue weighted by Gasteiger charge is -2.35. The van der Waals surface area contributed by atoms with E-state index < -0.39 is 0 Å². The molecule has 2 nitrogen and oxygen atoms in total. The fourth-order valence-electron chi connectivity index (χ4n) is 3.62. The number of likely N-dealkylation sites (tertiary alicyclic amines) is 1. The van der Waals surface area contributed by atoms with Crippen molar-refractivity contribution in [1.29, 1.82) is 0 Å². The Hall–Kier alpha value is -0.280. The SMILES string of the molecule is Cc1ccc(CN2CCC(C3CCCN3)CC2)cc1Cl.Cl. The summed E-state index contributed by atoms with van der Waals surface area (Å²) in [7, 11) is 0. The molecule has 2 saturated heterocycles. The highest BCUT2D eigenvalue weighted by molar-refractivity contribution is 6.31. The van der Waals surface area contributed by atoms with Gasteiger partial charge in [-0.2, -0.15) is 0 Å². The van der Waals surface area contributed by atoms with Crippen LogP contribution in [-0.4, -0.2) is 30.6 Å². The first-order chi connectivity index (χ1) is 9.72. The molecule has 2 heterocycles. The average Bonchev–Trinajstić information content (AvgIpc) is 2.98. The van der Waals surface area contributed by atoms with Crippen molar-refractivity contribution in [2.75, 3.05) is 19.6 Å². The van der Waals surface area contributed by atoms with Crippen LogP contribution in [0.25, 0.3) is 0 Å². The summed E-state index contributed by atoms with van der Waals surface area (Å²) in [6.45, 7) is 6.80. The lowest BCUT2D eigenvalue weighted by atomic mass is 9.88. The normalized spacial score (nSPS) is 24.0. The molecule has 0 aromatic heterocycles. The summed E-state index contributed by atoms with van der Waals surface area (Å²) in [5, 5.41) is 4.56. The van der Waals surface area contributed by atoms with Crippen LogP contribution >= 0.6 is 24.0 Å². The molecule has 0 aliphatic carbocycles. The maximum atomic E-state index is 6.21. The number of nitrogens with one attached hydrogen (secondary N) is 1. The third kappa shape index (κ3) is 4.35. The fraction of sp³-hybridized carbons (Fsp3) is 0.647. The minimum absolute atomic E-state index is 0. The zero-order valence-corrected chi connectivity index (χ0v) is 14.3. The molecule has 3 rings (SSSR count). The first-order valence-corrected chi connectivity index (χ1v) is 8.31. The summed E-state index contributed by atoms with van der Waals surface area (Å²) in [5.74, 6) is 0.898. The molecule has 1 aromatic carbocycles. The van der Waals surface area contributed by atoms with Gasteiger partial charge in [0, 0.05) is 17.6 Å². The molecule has 21 heavy (non-hydrogen) atoms. The molecule has 4 heteroatoms. The third-order valence-corrected chi connectivity index (χ3v) is 5.35. The van der Waals surface area contributed by atoms with Gasteiger partial charge in [-0.25, -0.2) is 0 Å². The van der Waals surface area contributed by atoms with Gasteiger partial charge in [0.1, 0.15) is 0 Å². The molecule has 2 aliphatic heterocycles. The minimum atomic E-state index is 0. The van der Waals surface area contributed by atoms with Gasteiger partial charge in [0.15, 0.2) is 0 Å². The minimum Gasteiger partial charge on any atom is -0.314 e. The smallest absolute Gasteiger partial charge is 0.0438 e. The summed E-state index contributed by atoms with van der Waals surface area (Å²) in [5.41, 5.74) is 2.51. The molecule has 0 bridgehead atoms. The van der Waals surface area contributed by atoms with Crippen molar-refractivity contribution in [3.05, 3.63) is 34.3 Å². The molecule has 0 spiro atoms. The van der Waals surface area contributed by atoms with Crippen LogP contribution in [0.2, 0.25) is 5.02 Å². The number of nitrogens with zero attached hydrogens (tertiary/aromatic N) is 1. The van der Waals surface area contributed by atoms with Crippen molar-refractivity contribution in [3.63, 3.8) is 0 Å². The Labute approximate surface area is 139 Å². The maximum Gasteiger partial charge on any atom is 0.0438 e. The lowest BCUT2D eigenvalue weighted by molar-refractivity contribution is 0.157. The number of aryl methyl sites for hydroxylation is 1. The van der Waals surface area contributed by atoms with Crippen LogP contribution in [0.15, 0.2) is 18.2 Å². The Kier molecular flexibility index (Phi) is 6.36. The molecule has 2 fully saturated rings. The van der Waals surface area contributed by atoms with Crippen molar-refractivity contribution in [2.45, 2.75) is 45.2 Å². The third-order valence-electron chi connectivity index (χ3n) is 4.94. The van der Waals surface area contributed by atoms with Gasteiger partial charge in [-0.1, -0.05) is 23.7 Å². The Morgan fingerprint density at radius 3 is 2.62 bits per heavy atom. The van der Waals surface area contributed by atoms with Gasteiger partial charge < -0.3 is 5.32 Å². The van der Waals surface area contributed by atoms with Crippen molar-refractivity contribution < 1.29 is 0 Å². The summed E-state index contributed by atoms with van der Waals surface area (Å²) < 4.78 is 0. The summed E-state index contributed by atoms with van der Waals surface area (Å²) >= 11 is 6.21. The highest BCUT2D eigenvalue weighted by Gasteiger charge is 2.28. The zero-order chi connectivity index (χ0) is 13.9. The van der Waals surface area contributed by atoms with E-state index in [4.69, 9.17) is 11.6 Å². The Morgan fingerprint density at radius 1 is 1.24 bits per heavy atom. The molecule has 0 radical (unpaired) electrons. The first-order valence-electron chi connectivity index (χ1n) is 7.93. The van der Waals surface area contributed by atoms with E-state index in [1.165, 1.54) is 56.4 Å². The molecule has 1 aromatic rings. The number of hydrogen-bond donors (Lipinski definition) is 1. The summed E-state index contributed by atoms with van der Waals surface area (Å²) in [4.78, 5) is 2.58. The molecule has 1 unspecified atom stereocenters. The molecule has 118 valence electrons. The largest absolute Gasteiger partial charge is 0.314 e. The molecule has 0 amide bonds. The van der Waals surface area contributed by atoms with Crippen LogP contribution in [0.3, 0.4) is 0 Å². The topological polar surface area (TPSA) is 15.3 Å². The number of halogens is 2. The standard InChI is InChI=1S/C17H25ClN2.ClH/c1-13-4-5-14(11-16(13)18)12-20-9-6-15(7-10-20)17-3-2-8-19-17;/h4-5,11,15,17,19H,2-3,6-10,12H2,1H3;1H. The van der Waals surface area contributed by atoms with E-state index in [2.05, 4.69) is 35.3 Å². The van der Waals surface area contributed by atoms with E-state index in [-0.39, 0.29) is 12.4 Å². The quantitative estimate of drug-likeness (QED) is 0.900. The number of piperidine rings is 1. The van der Waals surface area contributed by atoms with E-state index in [9.17, 15) is 0 Å². The molecule has 1 N–H and O–H groups in total. The van der Waals surface area contributed by atoms with Crippen LogP contribution < -0.4 is 5.32 Å². The highest BCUT2D eigenvalue weighted by Crippen LogP contribution is 2.27. The Morgan fingerprint density at radius 2 is 2.00 bits per heavy atom. The number of benzene rings is 1. The van der Waals surface area contributed by atoms with Crippen LogP contribution in [-0.2, 0) is 6.54 Å². The highest BCUT2D eigenvalue weighted by atomic mass is 35.5. The van der Waals surface area contributed by atoms with Gasteiger partial charge in [-0.05, 0) is 75.4 Å². The van der Waals surface area contributed by atoms with E-state index in [0.717, 1.165) is 23.5 Å². The van der Waals surface area contributed by atoms with Crippen molar-refractivity contribution >= 4 is 24.0 Å². The predicted molar refractivity (Wildman–Crippen MR) is 92.5 cm³/mol. The lowest BCUT2D eigenvalue weighted by Crippen LogP contribution is -2.40. The molecule has 0 saturated carbocycles. The molecular formula is C17H26Cl2N2. The summed E-state index contributed by atoms with van der Waals surface area (Å²) in [6.07, 6.45) is 5.44. The van der Waals surface area contributed by atoms with Gasteiger partial charge >= 0.3 is 0 Å². The number of hydrogen-bond acceptors (Lipinski definition) is 2. The van der Waals surface area contributed by atoms with E-state index >= 15 is 0 Å². The van der Waals surface area contributed by atoms with Gasteiger partial charge in [0.05, 0.1) is 0 Å². The van der Waals surface area contributed by atoms with E-state index in [0.29, 0.717) is 0 Å². The van der Waals surface area contributed by atoms with Crippen molar-refractivity contribution in [1.82, 2.24) is 10.2 Å². The zero-order valence-electron chi connectivity index (χ0n) is 12.8. The van der Waals surface area contributed by atoms with Crippen LogP contribution in [0.1, 0.15) is 36.8 Å². The second kappa shape index (κ2) is 7.82. The van der Waals surface area contributed by atoms with Gasteiger partial charge in [-0.3, -0.25) is 4.90 Å². The maximum absolute atomic E-state index is 6.21. The van der Waals surface area contributed by atoms with Gasteiger partial charge in [0.25, 0.3) is 0 Å². The molecule has 2 aliphatic rings. The monoisotopic (exact) mass is 328 g/mol. The van der Waals surface area contributed by atoms with Crippen LogP contribution in [0.5, 0.6) is 0 Å². The van der Waals surface area contributed by atoms with E-state index in [1.807, 2.05) is 0 Å². The first kappa shape index (κ1) is 17.1. The van der Waals surface area contributed by atoms with E-state index in [1.54, 1.807) is 0 Å². The fourth-order valence-corrected chi connectivity index (χ4v) is 3.82. The average molecular weight is 329 g/mol. The van der Waals surface area contributed by atoms with Crippen LogP contribution in [0.4, 0.5) is 0 Å². The predicted octanol–water partition coefficient (Wildman–Crippen LogP) is 4.03. The summed E-state index contributed by atoms with van der Waals surface area (Å²) in [6, 6.07) is 7.27. The second-order valence-electron chi connectivity index (χ2n) is 6.40. The second-order valence-corrected chi connectivity index (χ2v) is 6.81. The Balaban J connectivity index is 0.00000161. The Bertz CT molecular complexity index is 450. The van der Waals surface area contributed by atoms with Crippen molar-refractivity contribution in [2.24, 2.45) is 5.92 Å². The van der Waals surface area contributed by atoms with Crippen molar-refractivity contribution in [3.8, 4) is 0 Å². The molecule has 1 atom stereocenters. The molecular weight excluding hydrogens is 303 g/mol. The van der Waals surface area contributed by atoms with Gasteiger partial charge in [-0.15, -0.1) is 12.4 Å².